The molecule has 1 aromatic heterocycles. The van der Waals surface area contributed by atoms with E-state index in [1.807, 2.05) is 11.6 Å². The molecule has 2 unspecified atom stereocenters. The van der Waals surface area contributed by atoms with Crippen LogP contribution in [0.1, 0.15) is 19.3 Å². The van der Waals surface area contributed by atoms with Crippen LogP contribution in [0.15, 0.2) is 11.6 Å². The van der Waals surface area contributed by atoms with Crippen molar-refractivity contribution < 1.29 is 4.79 Å². The highest BCUT2D eigenvalue weighted by Crippen LogP contribution is 2.54. The quantitative estimate of drug-likeness (QED) is 0.827. The fraction of sp³-hybridized carbons (Fsp3) is 0.714. The zero-order chi connectivity index (χ0) is 12.8. The predicted molar refractivity (Wildman–Crippen MR) is 75.2 cm³/mol. The van der Waals surface area contributed by atoms with Crippen molar-refractivity contribution in [3.63, 3.8) is 0 Å². The Balaban J connectivity index is 1.33. The molecule has 0 aromatic carbocycles. The van der Waals surface area contributed by atoms with Gasteiger partial charge in [-0.05, 0) is 31.1 Å². The molecule has 0 radical (unpaired) electrons. The number of amides is 1. The Hall–Kier alpha value is -1.10. The topological polar surface area (TPSA) is 36.4 Å². The molecule has 0 N–H and O–H groups in total. The Bertz CT molecular complexity index is 457. The SMILES string of the molecule is O=C(C1CC2CC2C1)N1CCN(c2nccs2)CC1. The van der Waals surface area contributed by atoms with Crippen LogP contribution in [-0.2, 0) is 4.79 Å². The smallest absolute Gasteiger partial charge is 0.225 e. The van der Waals surface area contributed by atoms with Crippen molar-refractivity contribution in [2.75, 3.05) is 31.1 Å². The third kappa shape index (κ3) is 2.14. The highest BCUT2D eigenvalue weighted by molar-refractivity contribution is 7.13. The lowest BCUT2D eigenvalue weighted by molar-refractivity contribution is -0.136. The molecular formula is C14H19N3OS. The van der Waals surface area contributed by atoms with Gasteiger partial charge < -0.3 is 9.80 Å². The molecule has 2 atom stereocenters. The number of hydrogen-bond donors (Lipinski definition) is 0. The summed E-state index contributed by atoms with van der Waals surface area (Å²) in [6, 6.07) is 0. The van der Waals surface area contributed by atoms with Crippen LogP contribution < -0.4 is 4.90 Å². The first-order valence-electron chi connectivity index (χ1n) is 7.24. The van der Waals surface area contributed by atoms with Crippen LogP contribution in [-0.4, -0.2) is 42.0 Å². The number of fused-ring (bicyclic) bond motifs is 1. The molecule has 2 heterocycles. The standard InChI is InChI=1S/C14H19N3OS/c18-13(12-8-10-7-11(10)9-12)16-2-4-17(5-3-16)14-15-1-6-19-14/h1,6,10-12H,2-5,7-9H2. The number of nitrogens with zero attached hydrogens (tertiary/aromatic N) is 3. The van der Waals surface area contributed by atoms with Crippen LogP contribution in [0.5, 0.6) is 0 Å². The van der Waals surface area contributed by atoms with E-state index >= 15 is 0 Å². The molecule has 1 saturated heterocycles. The van der Waals surface area contributed by atoms with Gasteiger partial charge in [-0.25, -0.2) is 4.98 Å². The second-order valence-corrected chi connectivity index (χ2v) is 6.92. The van der Waals surface area contributed by atoms with Crippen molar-refractivity contribution in [2.24, 2.45) is 17.8 Å². The molecule has 3 aliphatic rings. The summed E-state index contributed by atoms with van der Waals surface area (Å²) >= 11 is 1.68. The van der Waals surface area contributed by atoms with Crippen LogP contribution in [0.2, 0.25) is 0 Å². The van der Waals surface area contributed by atoms with Gasteiger partial charge in [-0.15, -0.1) is 11.3 Å². The molecule has 4 rings (SSSR count). The molecule has 0 spiro atoms. The summed E-state index contributed by atoms with van der Waals surface area (Å²) < 4.78 is 0. The lowest BCUT2D eigenvalue weighted by atomic mass is 10.0. The first-order valence-corrected chi connectivity index (χ1v) is 8.12. The zero-order valence-corrected chi connectivity index (χ0v) is 11.8. The highest BCUT2D eigenvalue weighted by Gasteiger charge is 2.48. The van der Waals surface area contributed by atoms with Gasteiger partial charge in [-0.2, -0.15) is 0 Å². The summed E-state index contributed by atoms with van der Waals surface area (Å²) in [5.41, 5.74) is 0. The Labute approximate surface area is 117 Å². The molecule has 1 aliphatic heterocycles. The molecule has 4 nitrogen and oxygen atoms in total. The van der Waals surface area contributed by atoms with E-state index in [1.54, 1.807) is 11.3 Å². The number of hydrogen-bond acceptors (Lipinski definition) is 4. The third-order valence-corrected chi connectivity index (χ3v) is 5.71. The Morgan fingerprint density at radius 3 is 2.53 bits per heavy atom. The monoisotopic (exact) mass is 277 g/mol. The fourth-order valence-corrected chi connectivity index (χ4v) is 4.36. The average molecular weight is 277 g/mol. The minimum absolute atomic E-state index is 0.343. The molecule has 19 heavy (non-hydrogen) atoms. The highest BCUT2D eigenvalue weighted by atomic mass is 32.1. The van der Waals surface area contributed by atoms with Gasteiger partial charge in [0.25, 0.3) is 0 Å². The summed E-state index contributed by atoms with van der Waals surface area (Å²) in [5, 5.41) is 3.10. The number of carbonyl (C=O) groups is 1. The largest absolute Gasteiger partial charge is 0.345 e. The van der Waals surface area contributed by atoms with Crippen LogP contribution >= 0.6 is 11.3 Å². The predicted octanol–water partition coefficient (Wildman–Crippen LogP) is 1.84. The Morgan fingerprint density at radius 1 is 1.16 bits per heavy atom. The fourth-order valence-electron chi connectivity index (χ4n) is 3.66. The van der Waals surface area contributed by atoms with Crippen LogP contribution in [0, 0.1) is 17.8 Å². The van der Waals surface area contributed by atoms with E-state index in [2.05, 4.69) is 14.8 Å². The van der Waals surface area contributed by atoms with Gasteiger partial charge in [0.15, 0.2) is 5.13 Å². The van der Waals surface area contributed by atoms with Crippen LogP contribution in [0.3, 0.4) is 0 Å². The van der Waals surface area contributed by atoms with Gasteiger partial charge in [0.1, 0.15) is 0 Å². The molecule has 1 amide bonds. The summed E-state index contributed by atoms with van der Waals surface area (Å²) in [5.74, 6) is 2.55. The zero-order valence-electron chi connectivity index (χ0n) is 11.0. The lowest BCUT2D eigenvalue weighted by Crippen LogP contribution is -2.50. The molecule has 3 fully saturated rings. The van der Waals surface area contributed by atoms with Gasteiger partial charge in [0.2, 0.25) is 5.91 Å². The van der Waals surface area contributed by atoms with E-state index in [4.69, 9.17) is 0 Å². The van der Waals surface area contributed by atoms with Crippen molar-refractivity contribution in [3.05, 3.63) is 11.6 Å². The number of rotatable bonds is 2. The van der Waals surface area contributed by atoms with Crippen molar-refractivity contribution in [1.82, 2.24) is 9.88 Å². The molecule has 2 aliphatic carbocycles. The van der Waals surface area contributed by atoms with Gasteiger partial charge in [0.05, 0.1) is 0 Å². The lowest BCUT2D eigenvalue weighted by Gasteiger charge is -2.36. The van der Waals surface area contributed by atoms with E-state index < -0.39 is 0 Å². The van der Waals surface area contributed by atoms with Crippen molar-refractivity contribution in [3.8, 4) is 0 Å². The first kappa shape index (κ1) is 11.7. The van der Waals surface area contributed by atoms with Gasteiger partial charge in [-0.1, -0.05) is 0 Å². The van der Waals surface area contributed by atoms with E-state index in [0.717, 1.165) is 56.0 Å². The van der Waals surface area contributed by atoms with Gasteiger partial charge in [-0.3, -0.25) is 4.79 Å². The van der Waals surface area contributed by atoms with Crippen molar-refractivity contribution in [2.45, 2.75) is 19.3 Å². The average Bonchev–Trinajstić information content (AvgIpc) is 2.88. The number of piperazine rings is 1. The normalized spacial score (nSPS) is 33.4. The van der Waals surface area contributed by atoms with E-state index in [9.17, 15) is 4.79 Å². The first-order chi connectivity index (χ1) is 9.31. The minimum atomic E-state index is 0.343. The maximum atomic E-state index is 12.5. The number of carbonyl (C=O) groups excluding carboxylic acids is 1. The van der Waals surface area contributed by atoms with Crippen LogP contribution in [0.25, 0.3) is 0 Å². The summed E-state index contributed by atoms with van der Waals surface area (Å²) in [6.07, 6.45) is 5.57. The van der Waals surface area contributed by atoms with Crippen molar-refractivity contribution in [1.29, 1.82) is 0 Å². The second kappa shape index (κ2) is 4.47. The van der Waals surface area contributed by atoms with E-state index in [1.165, 1.54) is 6.42 Å². The molecule has 102 valence electrons. The summed E-state index contributed by atoms with van der Waals surface area (Å²) in [6.45, 7) is 3.59. The van der Waals surface area contributed by atoms with E-state index in [0.29, 0.717) is 11.8 Å². The molecule has 5 heteroatoms. The maximum absolute atomic E-state index is 12.5. The number of anilines is 1. The molecule has 1 aromatic rings. The summed E-state index contributed by atoms with van der Waals surface area (Å²) in [4.78, 5) is 21.2. The second-order valence-electron chi connectivity index (χ2n) is 6.05. The van der Waals surface area contributed by atoms with E-state index in [-0.39, 0.29) is 0 Å². The molecular weight excluding hydrogens is 258 g/mol. The number of aromatic nitrogens is 1. The van der Waals surface area contributed by atoms with Crippen molar-refractivity contribution >= 4 is 22.4 Å². The molecule has 2 saturated carbocycles. The molecule has 0 bridgehead atoms. The number of thiazole rings is 1. The van der Waals surface area contributed by atoms with Crippen LogP contribution in [0.4, 0.5) is 5.13 Å². The summed E-state index contributed by atoms with van der Waals surface area (Å²) in [7, 11) is 0. The maximum Gasteiger partial charge on any atom is 0.225 e. The van der Waals surface area contributed by atoms with Gasteiger partial charge in [0, 0.05) is 43.7 Å². The minimum Gasteiger partial charge on any atom is -0.345 e. The van der Waals surface area contributed by atoms with Gasteiger partial charge >= 0.3 is 0 Å². The third-order valence-electron chi connectivity index (χ3n) is 4.87. The Morgan fingerprint density at radius 2 is 1.89 bits per heavy atom. The Kier molecular flexibility index (Phi) is 2.76.